The Hall–Kier alpha value is -3.20. The summed E-state index contributed by atoms with van der Waals surface area (Å²) in [5.74, 6) is -1.18. The Morgan fingerprint density at radius 3 is 2.70 bits per heavy atom. The minimum absolute atomic E-state index is 0.00869. The largest absolute Gasteiger partial charge is 0.424 e. The lowest BCUT2D eigenvalue weighted by Gasteiger charge is -2.02. The molecule has 100 valence electrons. The van der Waals surface area contributed by atoms with E-state index in [9.17, 15) is 13.6 Å². The molecular weight excluding hydrogens is 272 g/mol. The lowest BCUT2D eigenvalue weighted by Crippen LogP contribution is -2.14. The second-order valence-electron chi connectivity index (χ2n) is 3.49. The number of hydrogen-bond acceptors (Lipinski definition) is 6. The van der Waals surface area contributed by atoms with Crippen molar-refractivity contribution in [3.8, 4) is 12.1 Å². The normalized spacial score (nSPS) is 10.1. The van der Waals surface area contributed by atoms with Crippen LogP contribution in [0.25, 0.3) is 11.1 Å². The molecule has 0 unspecified atom stereocenters. The third-order valence-electron chi connectivity index (χ3n) is 2.32. The molecule has 0 amide bonds. The van der Waals surface area contributed by atoms with E-state index < -0.39 is 18.0 Å². The van der Waals surface area contributed by atoms with E-state index in [4.69, 9.17) is 10.5 Å². The number of hydrogen-bond donors (Lipinski definition) is 1. The Bertz CT molecular complexity index is 806. The summed E-state index contributed by atoms with van der Waals surface area (Å²) in [7, 11) is 0. The Labute approximate surface area is 109 Å². The van der Waals surface area contributed by atoms with Gasteiger partial charge in [-0.15, -0.1) is 0 Å². The van der Waals surface area contributed by atoms with Crippen molar-refractivity contribution in [2.24, 2.45) is 5.10 Å². The summed E-state index contributed by atoms with van der Waals surface area (Å²) in [4.78, 5) is 11.2. The molecule has 0 radical (unpaired) electrons. The van der Waals surface area contributed by atoms with E-state index >= 15 is 0 Å². The van der Waals surface area contributed by atoms with Gasteiger partial charge in [0.15, 0.2) is 5.58 Å². The number of halogens is 2. The molecule has 0 fully saturated rings. The minimum atomic E-state index is -3.05. The third-order valence-corrected chi connectivity index (χ3v) is 2.32. The maximum absolute atomic E-state index is 12.7. The molecule has 0 aliphatic rings. The van der Waals surface area contributed by atoms with Crippen LogP contribution in [0.3, 0.4) is 0 Å². The molecular formula is C11H5F2N5O2. The molecule has 7 nitrogen and oxygen atoms in total. The van der Waals surface area contributed by atoms with E-state index in [1.165, 1.54) is 30.3 Å². The van der Waals surface area contributed by atoms with Crippen molar-refractivity contribution < 1.29 is 13.2 Å². The summed E-state index contributed by atoms with van der Waals surface area (Å²) in [5, 5.41) is 20.4. The Morgan fingerprint density at radius 2 is 2.10 bits per heavy atom. The summed E-state index contributed by atoms with van der Waals surface area (Å²) >= 11 is 0. The first-order chi connectivity index (χ1) is 9.56. The highest BCUT2D eigenvalue weighted by Gasteiger charge is 2.17. The number of rotatable bonds is 3. The molecule has 20 heavy (non-hydrogen) atoms. The van der Waals surface area contributed by atoms with E-state index in [1.807, 2.05) is 0 Å². The predicted molar refractivity (Wildman–Crippen MR) is 64.0 cm³/mol. The quantitative estimate of drug-likeness (QED) is 0.680. The van der Waals surface area contributed by atoms with Crippen molar-refractivity contribution in [1.82, 2.24) is 4.57 Å². The molecule has 1 N–H and O–H groups in total. The van der Waals surface area contributed by atoms with Crippen LogP contribution in [0, 0.1) is 22.7 Å². The molecule has 0 saturated heterocycles. The molecule has 0 aliphatic carbocycles. The number of nitrogens with zero attached hydrogens (tertiary/aromatic N) is 4. The van der Waals surface area contributed by atoms with Crippen molar-refractivity contribution in [2.45, 2.75) is 6.55 Å². The fraction of sp³-hybridized carbons (Fsp3) is 0.0909. The van der Waals surface area contributed by atoms with Gasteiger partial charge in [-0.3, -0.25) is 5.43 Å². The fourth-order valence-corrected chi connectivity index (χ4v) is 1.48. The highest BCUT2D eigenvalue weighted by Crippen LogP contribution is 2.22. The number of anilines is 1. The van der Waals surface area contributed by atoms with E-state index in [2.05, 4.69) is 14.9 Å². The zero-order chi connectivity index (χ0) is 14.7. The highest BCUT2D eigenvalue weighted by molar-refractivity contribution is 6.10. The average Bonchev–Trinajstić information content (AvgIpc) is 2.75. The van der Waals surface area contributed by atoms with Crippen LogP contribution in [-0.2, 0) is 0 Å². The molecule has 2 aromatic rings. The Kier molecular flexibility index (Phi) is 3.44. The van der Waals surface area contributed by atoms with Crippen molar-refractivity contribution in [3.63, 3.8) is 0 Å². The van der Waals surface area contributed by atoms with Crippen molar-refractivity contribution in [1.29, 1.82) is 10.5 Å². The molecule has 2 rings (SSSR count). The second kappa shape index (κ2) is 5.20. The van der Waals surface area contributed by atoms with Gasteiger partial charge in [0.1, 0.15) is 12.1 Å². The maximum atomic E-state index is 12.7. The minimum Gasteiger partial charge on any atom is -0.408 e. The molecule has 0 atom stereocenters. The standard InChI is InChI=1S/C11H5F2N5O2/c12-10(13)18-8-3-6(16-17-7(4-14)5-15)1-2-9(8)20-11(18)19/h1-3,10,16H. The van der Waals surface area contributed by atoms with Crippen LogP contribution < -0.4 is 11.2 Å². The molecule has 0 saturated carbocycles. The molecule has 0 spiro atoms. The van der Waals surface area contributed by atoms with Gasteiger partial charge in [-0.05, 0) is 18.2 Å². The highest BCUT2D eigenvalue weighted by atomic mass is 19.3. The maximum Gasteiger partial charge on any atom is 0.424 e. The SMILES string of the molecule is N#CC(C#N)=NNc1ccc2oc(=O)n(C(F)F)c2c1. The summed E-state index contributed by atoms with van der Waals surface area (Å²) in [5.41, 5.74) is 2.01. The van der Waals surface area contributed by atoms with Crippen LogP contribution in [-0.4, -0.2) is 10.3 Å². The summed E-state index contributed by atoms with van der Waals surface area (Å²) in [6.45, 7) is -3.05. The first-order valence-electron chi connectivity index (χ1n) is 5.14. The number of hydrazone groups is 1. The lowest BCUT2D eigenvalue weighted by atomic mass is 10.3. The number of aromatic nitrogens is 1. The van der Waals surface area contributed by atoms with Gasteiger partial charge >= 0.3 is 12.3 Å². The predicted octanol–water partition coefficient (Wildman–Crippen LogP) is 1.80. The van der Waals surface area contributed by atoms with Crippen LogP contribution in [0.1, 0.15) is 6.55 Å². The van der Waals surface area contributed by atoms with Crippen LogP contribution in [0.2, 0.25) is 0 Å². The van der Waals surface area contributed by atoms with Gasteiger partial charge in [0.05, 0.1) is 11.2 Å². The van der Waals surface area contributed by atoms with Gasteiger partial charge < -0.3 is 4.42 Å². The van der Waals surface area contributed by atoms with Gasteiger partial charge in [0, 0.05) is 0 Å². The van der Waals surface area contributed by atoms with Crippen LogP contribution in [0.15, 0.2) is 32.5 Å². The second-order valence-corrected chi connectivity index (χ2v) is 3.49. The monoisotopic (exact) mass is 277 g/mol. The van der Waals surface area contributed by atoms with Gasteiger partial charge in [-0.25, -0.2) is 9.36 Å². The summed E-state index contributed by atoms with van der Waals surface area (Å²) < 4.78 is 30.3. The lowest BCUT2D eigenvalue weighted by molar-refractivity contribution is 0.0670. The molecule has 1 aromatic heterocycles. The fourth-order valence-electron chi connectivity index (χ4n) is 1.48. The van der Waals surface area contributed by atoms with Crippen LogP contribution >= 0.6 is 0 Å². The molecule has 1 aromatic carbocycles. The van der Waals surface area contributed by atoms with Crippen LogP contribution in [0.5, 0.6) is 0 Å². The van der Waals surface area contributed by atoms with Gasteiger partial charge in [-0.2, -0.15) is 24.4 Å². The number of fused-ring (bicyclic) bond motifs is 1. The van der Waals surface area contributed by atoms with Crippen LogP contribution in [0.4, 0.5) is 14.5 Å². The average molecular weight is 277 g/mol. The van der Waals surface area contributed by atoms with Crippen molar-refractivity contribution in [3.05, 3.63) is 28.7 Å². The van der Waals surface area contributed by atoms with Gasteiger partial charge in [-0.1, -0.05) is 0 Å². The van der Waals surface area contributed by atoms with E-state index in [0.29, 0.717) is 0 Å². The number of alkyl halides is 2. The van der Waals surface area contributed by atoms with Crippen molar-refractivity contribution in [2.75, 3.05) is 5.43 Å². The smallest absolute Gasteiger partial charge is 0.408 e. The van der Waals surface area contributed by atoms with E-state index in [0.717, 1.165) is 0 Å². The molecule has 0 aliphatic heterocycles. The molecule has 1 heterocycles. The number of oxazole rings is 1. The van der Waals surface area contributed by atoms with E-state index in [1.54, 1.807) is 0 Å². The molecule has 9 heteroatoms. The number of nitriles is 2. The first kappa shape index (κ1) is 13.2. The number of nitrogens with one attached hydrogen (secondary N) is 1. The van der Waals surface area contributed by atoms with Gasteiger partial charge in [0.25, 0.3) is 0 Å². The van der Waals surface area contributed by atoms with E-state index in [-0.39, 0.29) is 21.4 Å². The molecule has 0 bridgehead atoms. The third kappa shape index (κ3) is 2.33. The zero-order valence-electron chi connectivity index (χ0n) is 9.67. The Morgan fingerprint density at radius 1 is 1.40 bits per heavy atom. The van der Waals surface area contributed by atoms with Gasteiger partial charge in [0.2, 0.25) is 5.71 Å². The first-order valence-corrected chi connectivity index (χ1v) is 5.14. The van der Waals surface area contributed by atoms with Crippen molar-refractivity contribution >= 4 is 22.5 Å². The topological polar surface area (TPSA) is 107 Å². The zero-order valence-corrected chi connectivity index (χ0v) is 9.67. The summed E-state index contributed by atoms with van der Waals surface area (Å²) in [6.07, 6.45) is 0. The number of benzene rings is 1. The Balaban J connectivity index is 2.47. The summed E-state index contributed by atoms with van der Waals surface area (Å²) in [6, 6.07) is 6.95.